The van der Waals surface area contributed by atoms with Crippen molar-refractivity contribution in [3.8, 4) is 0 Å². The van der Waals surface area contributed by atoms with Gasteiger partial charge in [0, 0.05) is 25.1 Å². The van der Waals surface area contributed by atoms with Crippen molar-refractivity contribution < 1.29 is 19.0 Å². The highest BCUT2D eigenvalue weighted by atomic mass is 35.5. The van der Waals surface area contributed by atoms with Crippen molar-refractivity contribution in [2.24, 2.45) is 5.92 Å². The number of nitrogens with one attached hydrogen (secondary N) is 2. The molecule has 1 aromatic rings. The third-order valence-corrected chi connectivity index (χ3v) is 4.12. The third kappa shape index (κ3) is 4.56. The smallest absolute Gasteiger partial charge is 0.315 e. The molecule has 1 aromatic carbocycles. The van der Waals surface area contributed by atoms with Crippen molar-refractivity contribution in [2.45, 2.75) is 25.5 Å². The summed E-state index contributed by atoms with van der Waals surface area (Å²) in [5, 5.41) is 15.3. The van der Waals surface area contributed by atoms with Gasteiger partial charge in [-0.2, -0.15) is 0 Å². The Labute approximate surface area is 133 Å². The number of carbonyl (C=O) groups is 1. The van der Waals surface area contributed by atoms with E-state index in [1.54, 1.807) is 0 Å². The van der Waals surface area contributed by atoms with Crippen molar-refractivity contribution in [1.82, 2.24) is 10.6 Å². The molecule has 0 aliphatic carbocycles. The molecule has 22 heavy (non-hydrogen) atoms. The molecule has 0 saturated carbocycles. The van der Waals surface area contributed by atoms with Crippen LogP contribution in [0.2, 0.25) is 5.02 Å². The number of hydrogen-bond donors (Lipinski definition) is 3. The van der Waals surface area contributed by atoms with Gasteiger partial charge in [-0.05, 0) is 31.0 Å². The van der Waals surface area contributed by atoms with Gasteiger partial charge >= 0.3 is 6.03 Å². The second-order valence-electron chi connectivity index (χ2n) is 5.46. The zero-order valence-electron chi connectivity index (χ0n) is 12.3. The second kappa shape index (κ2) is 7.76. The summed E-state index contributed by atoms with van der Waals surface area (Å²) in [6.07, 6.45) is -0.0728. The van der Waals surface area contributed by atoms with Crippen LogP contribution in [0.15, 0.2) is 18.2 Å². The number of halogens is 2. The van der Waals surface area contributed by atoms with Crippen LogP contribution in [0.5, 0.6) is 0 Å². The number of hydrogen-bond acceptors (Lipinski definition) is 3. The van der Waals surface area contributed by atoms with Crippen molar-refractivity contribution in [3.63, 3.8) is 0 Å². The molecule has 122 valence electrons. The molecule has 1 heterocycles. The van der Waals surface area contributed by atoms with Crippen LogP contribution in [0.25, 0.3) is 0 Å². The minimum Gasteiger partial charge on any atom is -0.387 e. The van der Waals surface area contributed by atoms with Crippen LogP contribution in [-0.4, -0.2) is 36.9 Å². The number of urea groups is 1. The normalized spacial score (nSPS) is 20.5. The monoisotopic (exact) mass is 330 g/mol. The maximum atomic E-state index is 13.3. The standard InChI is InChI=1S/C15H20ClFN2O3/c1-9(11-4-5-22-8-11)19-15(21)18-7-14(20)10-2-3-12(16)13(17)6-10/h2-3,6,9,11,14,20H,4-5,7-8H2,1H3,(H2,18,19,21)/t9-,11+,14+/m0/s1. The van der Waals surface area contributed by atoms with Gasteiger partial charge in [0.15, 0.2) is 0 Å². The molecule has 0 spiro atoms. The molecule has 1 fully saturated rings. The third-order valence-electron chi connectivity index (χ3n) is 3.82. The fourth-order valence-corrected chi connectivity index (χ4v) is 2.47. The molecule has 1 aliphatic heterocycles. The Morgan fingerprint density at radius 3 is 3.00 bits per heavy atom. The van der Waals surface area contributed by atoms with Crippen LogP contribution in [0.1, 0.15) is 25.0 Å². The molecule has 2 rings (SSSR count). The van der Waals surface area contributed by atoms with Gasteiger partial charge < -0.3 is 20.5 Å². The van der Waals surface area contributed by atoms with E-state index in [1.165, 1.54) is 12.1 Å². The van der Waals surface area contributed by atoms with E-state index in [-0.39, 0.29) is 23.6 Å². The van der Waals surface area contributed by atoms with Crippen molar-refractivity contribution in [3.05, 3.63) is 34.6 Å². The molecule has 3 atom stereocenters. The van der Waals surface area contributed by atoms with Crippen molar-refractivity contribution in [2.75, 3.05) is 19.8 Å². The van der Waals surface area contributed by atoms with Gasteiger partial charge in [0.05, 0.1) is 17.7 Å². The summed E-state index contributed by atoms with van der Waals surface area (Å²) in [4.78, 5) is 11.8. The van der Waals surface area contributed by atoms with Gasteiger partial charge in [-0.25, -0.2) is 9.18 Å². The van der Waals surface area contributed by atoms with Crippen LogP contribution in [-0.2, 0) is 4.74 Å². The zero-order chi connectivity index (χ0) is 16.1. The highest BCUT2D eigenvalue weighted by molar-refractivity contribution is 6.30. The Morgan fingerprint density at radius 1 is 1.59 bits per heavy atom. The summed E-state index contributed by atoms with van der Waals surface area (Å²) in [5.74, 6) is -0.293. The molecule has 0 radical (unpaired) electrons. The minimum atomic E-state index is -0.998. The lowest BCUT2D eigenvalue weighted by atomic mass is 10.0. The maximum Gasteiger partial charge on any atom is 0.315 e. The van der Waals surface area contributed by atoms with Gasteiger partial charge in [-0.1, -0.05) is 17.7 Å². The van der Waals surface area contributed by atoms with Crippen LogP contribution >= 0.6 is 11.6 Å². The highest BCUT2D eigenvalue weighted by Gasteiger charge is 2.23. The fraction of sp³-hybridized carbons (Fsp3) is 0.533. The van der Waals surface area contributed by atoms with E-state index in [9.17, 15) is 14.3 Å². The molecule has 5 nitrogen and oxygen atoms in total. The number of aliphatic hydroxyl groups excluding tert-OH is 1. The number of benzene rings is 1. The van der Waals surface area contributed by atoms with Crippen LogP contribution in [0.4, 0.5) is 9.18 Å². The molecule has 1 saturated heterocycles. The van der Waals surface area contributed by atoms with Gasteiger partial charge in [0.25, 0.3) is 0 Å². The van der Waals surface area contributed by atoms with Gasteiger partial charge in [0.2, 0.25) is 0 Å². The average molecular weight is 331 g/mol. The predicted molar refractivity (Wildman–Crippen MR) is 81.3 cm³/mol. The average Bonchev–Trinajstić information content (AvgIpc) is 3.02. The molecule has 0 unspecified atom stereocenters. The van der Waals surface area contributed by atoms with E-state index in [0.29, 0.717) is 18.1 Å². The topological polar surface area (TPSA) is 70.6 Å². The van der Waals surface area contributed by atoms with E-state index in [1.807, 2.05) is 6.92 Å². The van der Waals surface area contributed by atoms with E-state index in [4.69, 9.17) is 16.3 Å². The molecule has 7 heteroatoms. The van der Waals surface area contributed by atoms with E-state index in [2.05, 4.69) is 10.6 Å². The number of rotatable bonds is 5. The van der Waals surface area contributed by atoms with E-state index in [0.717, 1.165) is 19.1 Å². The molecule has 0 aromatic heterocycles. The Morgan fingerprint density at radius 2 is 2.36 bits per heavy atom. The molecule has 1 aliphatic rings. The number of amides is 2. The first-order valence-corrected chi connectivity index (χ1v) is 7.60. The SMILES string of the molecule is C[C@H](NC(=O)NC[C@@H](O)c1ccc(Cl)c(F)c1)[C@@H]1CCOC1. The van der Waals surface area contributed by atoms with Crippen LogP contribution < -0.4 is 10.6 Å². The zero-order valence-corrected chi connectivity index (χ0v) is 13.1. The summed E-state index contributed by atoms with van der Waals surface area (Å²) in [6.45, 7) is 3.28. The lowest BCUT2D eigenvalue weighted by Gasteiger charge is -2.20. The summed E-state index contributed by atoms with van der Waals surface area (Å²) in [7, 11) is 0. The van der Waals surface area contributed by atoms with Crippen molar-refractivity contribution >= 4 is 17.6 Å². The molecule has 0 bridgehead atoms. The Balaban J connectivity index is 1.78. The molecule has 2 amide bonds. The second-order valence-corrected chi connectivity index (χ2v) is 5.86. The van der Waals surface area contributed by atoms with Crippen LogP contribution in [0, 0.1) is 11.7 Å². The summed E-state index contributed by atoms with van der Waals surface area (Å²) in [5.41, 5.74) is 0.361. The molecule has 3 N–H and O–H groups in total. The van der Waals surface area contributed by atoms with E-state index < -0.39 is 11.9 Å². The Hall–Kier alpha value is -1.37. The maximum absolute atomic E-state index is 13.3. The summed E-state index contributed by atoms with van der Waals surface area (Å²) < 4.78 is 18.6. The lowest BCUT2D eigenvalue weighted by Crippen LogP contribution is -2.45. The number of aliphatic hydroxyl groups is 1. The number of ether oxygens (including phenoxy) is 1. The largest absolute Gasteiger partial charge is 0.387 e. The highest BCUT2D eigenvalue weighted by Crippen LogP contribution is 2.20. The quantitative estimate of drug-likeness (QED) is 0.775. The first-order chi connectivity index (χ1) is 10.5. The Kier molecular flexibility index (Phi) is 5.99. The van der Waals surface area contributed by atoms with Crippen molar-refractivity contribution in [1.29, 1.82) is 0 Å². The summed E-state index contributed by atoms with van der Waals surface area (Å²) >= 11 is 5.59. The first kappa shape index (κ1) is 17.0. The first-order valence-electron chi connectivity index (χ1n) is 7.22. The Bertz CT molecular complexity index is 524. The number of carbonyl (C=O) groups excluding carboxylic acids is 1. The minimum absolute atomic E-state index is 0.00532. The molecular weight excluding hydrogens is 311 g/mol. The molecular formula is C15H20ClFN2O3. The van der Waals surface area contributed by atoms with Crippen LogP contribution in [0.3, 0.4) is 0 Å². The van der Waals surface area contributed by atoms with Gasteiger partial charge in [-0.15, -0.1) is 0 Å². The fourth-order valence-electron chi connectivity index (χ4n) is 2.35. The predicted octanol–water partition coefficient (Wildman–Crippen LogP) is 2.24. The van der Waals surface area contributed by atoms with E-state index >= 15 is 0 Å². The summed E-state index contributed by atoms with van der Waals surface area (Å²) in [6, 6.07) is 3.68. The van der Waals surface area contributed by atoms with Gasteiger partial charge in [0.1, 0.15) is 5.82 Å². The van der Waals surface area contributed by atoms with Gasteiger partial charge in [-0.3, -0.25) is 0 Å². The lowest BCUT2D eigenvalue weighted by molar-refractivity contribution is 0.168.